The van der Waals surface area contributed by atoms with E-state index in [0.29, 0.717) is 4.77 Å². The Balaban J connectivity index is 2.05. The molecule has 0 saturated heterocycles. The van der Waals surface area contributed by atoms with Crippen molar-refractivity contribution in [3.63, 3.8) is 0 Å². The lowest BCUT2D eigenvalue weighted by Crippen LogP contribution is -1.89. The van der Waals surface area contributed by atoms with Crippen LogP contribution < -0.4 is 0 Å². The van der Waals surface area contributed by atoms with E-state index in [1.165, 1.54) is 11.3 Å². The highest BCUT2D eigenvalue weighted by Gasteiger charge is 2.11. The maximum absolute atomic E-state index is 5.08. The second-order valence-corrected chi connectivity index (χ2v) is 4.95. The fourth-order valence-electron chi connectivity index (χ4n) is 1.47. The number of rotatable bonds is 2. The molecule has 3 aromatic rings. The van der Waals surface area contributed by atoms with Crippen molar-refractivity contribution in [2.45, 2.75) is 0 Å². The Labute approximate surface area is 111 Å². The van der Waals surface area contributed by atoms with Crippen LogP contribution in [0.5, 0.6) is 0 Å². The maximum Gasteiger partial charge on any atom is 0.195 e. The maximum atomic E-state index is 5.08. The molecule has 0 aliphatic rings. The van der Waals surface area contributed by atoms with E-state index in [2.05, 4.69) is 25.1 Å². The van der Waals surface area contributed by atoms with Gasteiger partial charge in [0, 0.05) is 25.6 Å². The molecule has 0 saturated carbocycles. The van der Waals surface area contributed by atoms with Gasteiger partial charge in [0.05, 0.1) is 11.1 Å². The standard InChI is InChI=1S/C10H8N6S2/c1-16-8(14-15-10(16)17)7-5-13-9(18-7)6-4-11-2-3-12-6/h2-5H,1H3,(H,15,17). The van der Waals surface area contributed by atoms with Gasteiger partial charge in [-0.05, 0) is 12.2 Å². The minimum atomic E-state index is 0.583. The van der Waals surface area contributed by atoms with Crippen LogP contribution in [0.2, 0.25) is 0 Å². The van der Waals surface area contributed by atoms with Crippen molar-refractivity contribution in [3.8, 4) is 21.4 Å². The molecule has 0 amide bonds. The SMILES string of the molecule is Cn1c(-c2cnc(-c3cnccn3)s2)n[nH]c1=S. The highest BCUT2D eigenvalue weighted by molar-refractivity contribution is 7.71. The molecule has 0 radical (unpaired) electrons. The van der Waals surface area contributed by atoms with Gasteiger partial charge in [0.15, 0.2) is 10.6 Å². The summed E-state index contributed by atoms with van der Waals surface area (Å²) in [6.07, 6.45) is 6.73. The number of hydrogen-bond acceptors (Lipinski definition) is 6. The van der Waals surface area contributed by atoms with E-state index < -0.39 is 0 Å². The van der Waals surface area contributed by atoms with Crippen LogP contribution in [0.1, 0.15) is 0 Å². The summed E-state index contributed by atoms with van der Waals surface area (Å²) < 4.78 is 2.39. The van der Waals surface area contributed by atoms with Crippen molar-refractivity contribution in [2.24, 2.45) is 7.05 Å². The molecular weight excluding hydrogens is 268 g/mol. The molecule has 3 heterocycles. The van der Waals surface area contributed by atoms with Crippen LogP contribution in [-0.2, 0) is 7.05 Å². The predicted octanol–water partition coefficient (Wildman–Crippen LogP) is 2.06. The minimum absolute atomic E-state index is 0.583. The third-order valence-corrected chi connectivity index (χ3v) is 3.77. The fourth-order valence-corrected chi connectivity index (χ4v) is 2.51. The van der Waals surface area contributed by atoms with Crippen molar-refractivity contribution < 1.29 is 0 Å². The smallest absolute Gasteiger partial charge is 0.195 e. The first kappa shape index (κ1) is 11.2. The molecule has 1 N–H and O–H groups in total. The van der Waals surface area contributed by atoms with Gasteiger partial charge in [-0.3, -0.25) is 15.1 Å². The molecule has 0 aliphatic carbocycles. The number of H-pyrrole nitrogens is 1. The fraction of sp³-hybridized carbons (Fsp3) is 0.100. The highest BCUT2D eigenvalue weighted by atomic mass is 32.1. The summed E-state index contributed by atoms with van der Waals surface area (Å²) in [5.74, 6) is 0.771. The number of aromatic nitrogens is 6. The van der Waals surface area contributed by atoms with Crippen LogP contribution in [0.4, 0.5) is 0 Å². The summed E-state index contributed by atoms with van der Waals surface area (Å²) in [4.78, 5) is 13.5. The molecule has 0 fully saturated rings. The van der Waals surface area contributed by atoms with Crippen LogP contribution in [-0.4, -0.2) is 29.7 Å². The third kappa shape index (κ3) is 1.85. The molecule has 0 spiro atoms. The summed E-state index contributed by atoms with van der Waals surface area (Å²) in [5.41, 5.74) is 0.755. The van der Waals surface area contributed by atoms with Crippen LogP contribution in [0.25, 0.3) is 21.4 Å². The van der Waals surface area contributed by atoms with Gasteiger partial charge < -0.3 is 4.57 Å². The average Bonchev–Trinajstić information content (AvgIpc) is 3.00. The zero-order valence-electron chi connectivity index (χ0n) is 9.36. The van der Waals surface area contributed by atoms with E-state index in [9.17, 15) is 0 Å². The zero-order chi connectivity index (χ0) is 12.5. The van der Waals surface area contributed by atoms with E-state index in [-0.39, 0.29) is 0 Å². The minimum Gasteiger partial charge on any atom is -0.303 e. The highest BCUT2D eigenvalue weighted by Crippen LogP contribution is 2.29. The molecule has 0 aliphatic heterocycles. The third-order valence-electron chi connectivity index (χ3n) is 2.39. The van der Waals surface area contributed by atoms with Crippen molar-refractivity contribution >= 4 is 23.6 Å². The zero-order valence-corrected chi connectivity index (χ0v) is 11.0. The van der Waals surface area contributed by atoms with Gasteiger partial charge in [-0.15, -0.1) is 11.3 Å². The Morgan fingerprint density at radius 2 is 2.17 bits per heavy atom. The van der Waals surface area contributed by atoms with Crippen LogP contribution >= 0.6 is 23.6 Å². The van der Waals surface area contributed by atoms with Crippen molar-refractivity contribution in [1.29, 1.82) is 0 Å². The van der Waals surface area contributed by atoms with Gasteiger partial charge in [0.2, 0.25) is 0 Å². The number of thiazole rings is 1. The van der Waals surface area contributed by atoms with Gasteiger partial charge in [0.1, 0.15) is 10.7 Å². The molecular formula is C10H8N6S2. The van der Waals surface area contributed by atoms with Gasteiger partial charge in [-0.25, -0.2) is 4.98 Å². The van der Waals surface area contributed by atoms with E-state index in [1.54, 1.807) is 24.8 Å². The molecule has 0 aromatic carbocycles. The summed E-state index contributed by atoms with van der Waals surface area (Å²) in [7, 11) is 1.86. The van der Waals surface area contributed by atoms with E-state index in [1.807, 2.05) is 11.6 Å². The summed E-state index contributed by atoms with van der Waals surface area (Å²) in [5, 5.41) is 7.74. The molecule has 0 unspecified atom stereocenters. The second-order valence-electron chi connectivity index (χ2n) is 3.53. The number of nitrogens with zero attached hydrogens (tertiary/aromatic N) is 5. The van der Waals surface area contributed by atoms with Gasteiger partial charge in [0.25, 0.3) is 0 Å². The number of hydrogen-bond donors (Lipinski definition) is 1. The first-order valence-corrected chi connectivity index (χ1v) is 6.32. The molecule has 0 atom stereocenters. The lowest BCUT2D eigenvalue weighted by Gasteiger charge is -1.94. The van der Waals surface area contributed by atoms with Crippen LogP contribution in [0, 0.1) is 4.77 Å². The number of nitrogens with one attached hydrogen (secondary N) is 1. The Morgan fingerprint density at radius 1 is 1.28 bits per heavy atom. The lowest BCUT2D eigenvalue weighted by molar-refractivity contribution is 0.903. The molecule has 8 heteroatoms. The quantitative estimate of drug-likeness (QED) is 0.725. The molecule has 18 heavy (non-hydrogen) atoms. The molecule has 3 rings (SSSR count). The first-order chi connectivity index (χ1) is 8.75. The molecule has 6 nitrogen and oxygen atoms in total. The summed E-state index contributed by atoms with van der Waals surface area (Å²) >= 11 is 6.58. The Kier molecular flexibility index (Phi) is 2.73. The normalized spacial score (nSPS) is 10.7. The summed E-state index contributed by atoms with van der Waals surface area (Å²) in [6, 6.07) is 0. The number of aromatic amines is 1. The average molecular weight is 276 g/mol. The molecule has 3 aromatic heterocycles. The summed E-state index contributed by atoms with van der Waals surface area (Å²) in [6.45, 7) is 0. The Hall–Kier alpha value is -1.93. The van der Waals surface area contributed by atoms with Crippen molar-refractivity contribution in [3.05, 3.63) is 29.6 Å². The van der Waals surface area contributed by atoms with Gasteiger partial charge in [-0.2, -0.15) is 5.10 Å². The predicted molar refractivity (Wildman–Crippen MR) is 70.5 cm³/mol. The monoisotopic (exact) mass is 276 g/mol. The van der Waals surface area contributed by atoms with E-state index in [4.69, 9.17) is 12.2 Å². The van der Waals surface area contributed by atoms with Crippen molar-refractivity contribution in [1.82, 2.24) is 29.7 Å². The van der Waals surface area contributed by atoms with Gasteiger partial charge in [-0.1, -0.05) is 0 Å². The topological polar surface area (TPSA) is 72.3 Å². The van der Waals surface area contributed by atoms with Crippen molar-refractivity contribution in [2.75, 3.05) is 0 Å². The Bertz CT molecular complexity index is 726. The van der Waals surface area contributed by atoms with E-state index in [0.717, 1.165) is 21.4 Å². The largest absolute Gasteiger partial charge is 0.303 e. The van der Waals surface area contributed by atoms with Gasteiger partial charge >= 0.3 is 0 Å². The lowest BCUT2D eigenvalue weighted by atomic mass is 10.5. The van der Waals surface area contributed by atoms with E-state index >= 15 is 0 Å². The van der Waals surface area contributed by atoms with Crippen LogP contribution in [0.3, 0.4) is 0 Å². The van der Waals surface area contributed by atoms with Crippen LogP contribution in [0.15, 0.2) is 24.8 Å². The molecule has 90 valence electrons. The first-order valence-electron chi connectivity index (χ1n) is 5.09. The molecule has 0 bridgehead atoms. The second kappa shape index (κ2) is 4.39. The Morgan fingerprint density at radius 3 is 2.83 bits per heavy atom.